The van der Waals surface area contributed by atoms with Crippen LogP contribution in [-0.2, 0) is 0 Å². The molecule has 0 N–H and O–H groups in total. The number of hydrogen-bond acceptors (Lipinski definition) is 2. The number of benzene rings is 3. The van der Waals surface area contributed by atoms with Gasteiger partial charge in [0.15, 0.2) is 5.78 Å². The fourth-order valence-electron chi connectivity index (χ4n) is 3.73. The second-order valence-corrected chi connectivity index (χ2v) is 6.71. The summed E-state index contributed by atoms with van der Waals surface area (Å²) < 4.78 is 0. The monoisotopic (exact) mass is 327 g/mol. The molecular formula is C23H21NO. The Morgan fingerprint density at radius 2 is 1.36 bits per heavy atom. The Balaban J connectivity index is 1.55. The molecule has 3 aromatic carbocycles. The van der Waals surface area contributed by atoms with Gasteiger partial charge in [0.1, 0.15) is 0 Å². The number of hydrogen-bond donors (Lipinski definition) is 0. The zero-order valence-electron chi connectivity index (χ0n) is 14.3. The topological polar surface area (TPSA) is 20.3 Å². The van der Waals surface area contributed by atoms with Gasteiger partial charge in [-0.05, 0) is 23.7 Å². The van der Waals surface area contributed by atoms with Gasteiger partial charge in [-0.1, -0.05) is 84.9 Å². The molecule has 0 unspecified atom stereocenters. The molecule has 124 valence electrons. The van der Waals surface area contributed by atoms with Crippen molar-refractivity contribution in [2.45, 2.75) is 6.04 Å². The van der Waals surface area contributed by atoms with E-state index in [0.717, 1.165) is 17.7 Å². The number of ketones is 1. The number of carbonyl (C=O) groups is 1. The molecule has 0 aromatic heterocycles. The molecule has 0 saturated carbocycles. The van der Waals surface area contributed by atoms with Gasteiger partial charge in [0.2, 0.25) is 0 Å². The normalized spacial score (nSPS) is 20.0. The number of carbonyl (C=O) groups excluding carboxylic acids is 1. The van der Waals surface area contributed by atoms with Gasteiger partial charge < -0.3 is 0 Å². The molecular weight excluding hydrogens is 306 g/mol. The minimum Gasteiger partial charge on any atom is -0.298 e. The van der Waals surface area contributed by atoms with Crippen molar-refractivity contribution in [1.82, 2.24) is 4.90 Å². The van der Waals surface area contributed by atoms with Crippen molar-refractivity contribution >= 4 is 5.78 Å². The summed E-state index contributed by atoms with van der Waals surface area (Å²) in [6, 6.07) is 28.8. The van der Waals surface area contributed by atoms with E-state index in [-0.39, 0.29) is 17.7 Å². The van der Waals surface area contributed by atoms with Gasteiger partial charge in [0.25, 0.3) is 0 Å². The zero-order chi connectivity index (χ0) is 17.2. The fourth-order valence-corrected chi connectivity index (χ4v) is 3.73. The van der Waals surface area contributed by atoms with Crippen molar-refractivity contribution in [2.24, 2.45) is 5.92 Å². The van der Waals surface area contributed by atoms with Crippen LogP contribution in [0.5, 0.6) is 0 Å². The van der Waals surface area contributed by atoms with E-state index in [2.05, 4.69) is 36.2 Å². The van der Waals surface area contributed by atoms with Crippen molar-refractivity contribution in [3.8, 4) is 11.1 Å². The zero-order valence-corrected chi connectivity index (χ0v) is 14.3. The lowest BCUT2D eigenvalue weighted by molar-refractivity contribution is 0.0341. The van der Waals surface area contributed by atoms with Gasteiger partial charge in [0.05, 0.1) is 5.92 Å². The van der Waals surface area contributed by atoms with Crippen LogP contribution in [0.25, 0.3) is 11.1 Å². The molecule has 0 spiro atoms. The van der Waals surface area contributed by atoms with E-state index in [9.17, 15) is 4.79 Å². The Labute approximate surface area is 148 Å². The van der Waals surface area contributed by atoms with Crippen LogP contribution in [0.2, 0.25) is 0 Å². The standard InChI is InChI=1S/C23H21NO/c1-24-16-21(22(24)19-10-6-3-7-11-19)23(25)20-14-12-18(13-15-20)17-8-4-2-5-9-17/h2-15,21-22H,16H2,1H3/t21-,22-/m1/s1. The minimum atomic E-state index is 0.0370. The quantitative estimate of drug-likeness (QED) is 0.639. The molecule has 2 nitrogen and oxygen atoms in total. The van der Waals surface area contributed by atoms with Crippen LogP contribution in [0.3, 0.4) is 0 Å². The third kappa shape index (κ3) is 3.01. The predicted octanol–water partition coefficient (Wildman–Crippen LogP) is 4.84. The third-order valence-electron chi connectivity index (χ3n) is 5.10. The smallest absolute Gasteiger partial charge is 0.169 e. The Bertz CT molecular complexity index is 856. The second kappa shape index (κ2) is 6.66. The van der Waals surface area contributed by atoms with Gasteiger partial charge >= 0.3 is 0 Å². The molecule has 2 heteroatoms. The van der Waals surface area contributed by atoms with Gasteiger partial charge in [-0.3, -0.25) is 9.69 Å². The van der Waals surface area contributed by atoms with Gasteiger partial charge in [-0.25, -0.2) is 0 Å². The number of likely N-dealkylation sites (tertiary alicyclic amines) is 1. The predicted molar refractivity (Wildman–Crippen MR) is 102 cm³/mol. The van der Waals surface area contributed by atoms with Crippen LogP contribution in [0.1, 0.15) is 22.0 Å². The highest BCUT2D eigenvalue weighted by Gasteiger charge is 2.42. The molecule has 0 aliphatic carbocycles. The van der Waals surface area contributed by atoms with Crippen LogP contribution >= 0.6 is 0 Å². The lowest BCUT2D eigenvalue weighted by Gasteiger charge is -2.45. The summed E-state index contributed by atoms with van der Waals surface area (Å²) in [5.74, 6) is 0.279. The molecule has 1 fully saturated rings. The van der Waals surface area contributed by atoms with Gasteiger partial charge in [-0.2, -0.15) is 0 Å². The average Bonchev–Trinajstić information content (AvgIpc) is 2.67. The minimum absolute atomic E-state index is 0.0370. The van der Waals surface area contributed by atoms with Crippen LogP contribution in [0.4, 0.5) is 0 Å². The molecule has 1 aliphatic heterocycles. The van der Waals surface area contributed by atoms with Crippen LogP contribution < -0.4 is 0 Å². The van der Waals surface area contributed by atoms with Crippen molar-refractivity contribution < 1.29 is 4.79 Å². The molecule has 1 saturated heterocycles. The van der Waals surface area contributed by atoms with E-state index >= 15 is 0 Å². The summed E-state index contributed by atoms with van der Waals surface area (Å²) in [6.07, 6.45) is 0. The first-order valence-corrected chi connectivity index (χ1v) is 8.69. The number of rotatable bonds is 4. The Kier molecular flexibility index (Phi) is 4.21. The average molecular weight is 327 g/mol. The second-order valence-electron chi connectivity index (χ2n) is 6.71. The molecule has 1 heterocycles. The first-order chi connectivity index (χ1) is 12.2. The number of nitrogens with zero attached hydrogens (tertiary/aromatic N) is 1. The van der Waals surface area contributed by atoms with E-state index in [1.54, 1.807) is 0 Å². The molecule has 0 bridgehead atoms. The van der Waals surface area contributed by atoms with Crippen LogP contribution in [0, 0.1) is 5.92 Å². The lowest BCUT2D eigenvalue weighted by Crippen LogP contribution is -2.50. The highest BCUT2D eigenvalue weighted by Crippen LogP contribution is 2.39. The molecule has 0 radical (unpaired) electrons. The van der Waals surface area contributed by atoms with Crippen LogP contribution in [0.15, 0.2) is 84.9 Å². The largest absolute Gasteiger partial charge is 0.298 e. The van der Waals surface area contributed by atoms with E-state index in [1.165, 1.54) is 11.1 Å². The highest BCUT2D eigenvalue weighted by molar-refractivity contribution is 5.99. The van der Waals surface area contributed by atoms with Gasteiger partial charge in [-0.15, -0.1) is 0 Å². The van der Waals surface area contributed by atoms with E-state index in [1.807, 2.05) is 60.7 Å². The van der Waals surface area contributed by atoms with E-state index < -0.39 is 0 Å². The highest BCUT2D eigenvalue weighted by atomic mass is 16.1. The van der Waals surface area contributed by atoms with Crippen molar-refractivity contribution in [2.75, 3.05) is 13.6 Å². The SMILES string of the molecule is CN1C[C@@H](C(=O)c2ccc(-c3ccccc3)cc2)[C@H]1c1ccccc1. The summed E-state index contributed by atoms with van der Waals surface area (Å²) >= 11 is 0. The summed E-state index contributed by atoms with van der Waals surface area (Å²) in [7, 11) is 2.08. The summed E-state index contributed by atoms with van der Waals surface area (Å²) in [5.41, 5.74) is 4.34. The molecule has 1 aliphatic rings. The summed E-state index contributed by atoms with van der Waals surface area (Å²) in [6.45, 7) is 0.818. The van der Waals surface area contributed by atoms with Crippen molar-refractivity contribution in [1.29, 1.82) is 0 Å². The number of Topliss-reactive ketones (excluding diaryl/α,β-unsaturated/α-hetero) is 1. The third-order valence-corrected chi connectivity index (χ3v) is 5.10. The Morgan fingerprint density at radius 3 is 1.96 bits per heavy atom. The maximum Gasteiger partial charge on any atom is 0.169 e. The molecule has 4 rings (SSSR count). The summed E-state index contributed by atoms with van der Waals surface area (Å²) in [4.78, 5) is 15.2. The molecule has 25 heavy (non-hydrogen) atoms. The maximum atomic E-state index is 13.0. The van der Waals surface area contributed by atoms with E-state index in [0.29, 0.717) is 0 Å². The Hall–Kier alpha value is -2.71. The summed E-state index contributed by atoms with van der Waals surface area (Å²) in [5, 5.41) is 0. The maximum absolute atomic E-state index is 13.0. The molecule has 2 atom stereocenters. The first-order valence-electron chi connectivity index (χ1n) is 8.69. The van der Waals surface area contributed by atoms with E-state index in [4.69, 9.17) is 0 Å². The lowest BCUT2D eigenvalue weighted by atomic mass is 9.79. The molecule has 3 aromatic rings. The van der Waals surface area contributed by atoms with Crippen LogP contribution in [-0.4, -0.2) is 24.3 Å². The Morgan fingerprint density at radius 1 is 0.800 bits per heavy atom. The van der Waals surface area contributed by atoms with Gasteiger partial charge in [0, 0.05) is 18.2 Å². The fraction of sp³-hybridized carbons (Fsp3) is 0.174. The van der Waals surface area contributed by atoms with Crippen molar-refractivity contribution in [3.05, 3.63) is 96.1 Å². The van der Waals surface area contributed by atoms with Crippen molar-refractivity contribution in [3.63, 3.8) is 0 Å². The first kappa shape index (κ1) is 15.8. The molecule has 0 amide bonds.